The van der Waals surface area contributed by atoms with Crippen LogP contribution in [0.3, 0.4) is 0 Å². The number of nitrogens with one attached hydrogen (secondary N) is 1. The average molecular weight is 285 g/mol. The van der Waals surface area contributed by atoms with Gasteiger partial charge in [0.25, 0.3) is 5.69 Å². The minimum atomic E-state index is -0.392. The van der Waals surface area contributed by atoms with Gasteiger partial charge in [0.05, 0.1) is 9.95 Å². The monoisotopic (exact) mass is 284 g/mol. The molecule has 4 nitrogen and oxygen atoms in total. The third-order valence-electron chi connectivity index (χ3n) is 3.08. The molecule has 0 amide bonds. The molecule has 5 heteroatoms. The van der Waals surface area contributed by atoms with Gasteiger partial charge in [-0.25, -0.2) is 0 Å². The van der Waals surface area contributed by atoms with Crippen LogP contribution in [0.4, 0.5) is 11.4 Å². The Kier molecular flexibility index (Phi) is 6.64. The second kappa shape index (κ2) is 8.00. The largest absolute Gasteiger partial charge is 0.376 e. The van der Waals surface area contributed by atoms with Gasteiger partial charge in [-0.15, -0.1) is 0 Å². The summed E-state index contributed by atoms with van der Waals surface area (Å²) in [6.45, 7) is 4.25. The molecule has 1 N–H and O–H groups in total. The number of hydrogen-bond acceptors (Lipinski definition) is 3. The first-order valence-electron chi connectivity index (χ1n) is 6.79. The van der Waals surface area contributed by atoms with Gasteiger partial charge in [-0.3, -0.25) is 10.1 Å². The molecular formula is C14H21ClN2O2. The Hall–Kier alpha value is -1.29. The van der Waals surface area contributed by atoms with E-state index in [1.165, 1.54) is 6.07 Å². The predicted molar refractivity (Wildman–Crippen MR) is 80.0 cm³/mol. The van der Waals surface area contributed by atoms with Crippen molar-refractivity contribution in [3.63, 3.8) is 0 Å². The molecule has 1 atom stereocenters. The first kappa shape index (κ1) is 15.8. The van der Waals surface area contributed by atoms with E-state index in [1.54, 1.807) is 12.1 Å². The lowest BCUT2D eigenvalue weighted by atomic mass is 10.0. The maximum absolute atomic E-state index is 11.0. The van der Waals surface area contributed by atoms with Crippen molar-refractivity contribution >= 4 is 23.0 Å². The first-order valence-corrected chi connectivity index (χ1v) is 7.17. The Bertz CT molecular complexity index is 424. The third-order valence-corrected chi connectivity index (χ3v) is 3.40. The Morgan fingerprint density at radius 3 is 2.63 bits per heavy atom. The molecule has 1 aromatic rings. The van der Waals surface area contributed by atoms with Gasteiger partial charge >= 0.3 is 0 Å². The van der Waals surface area contributed by atoms with Crippen molar-refractivity contribution in [2.45, 2.75) is 52.0 Å². The summed E-state index contributed by atoms with van der Waals surface area (Å²) < 4.78 is 0. The van der Waals surface area contributed by atoms with Crippen LogP contribution in [0.5, 0.6) is 0 Å². The minimum Gasteiger partial charge on any atom is -0.376 e. The Morgan fingerprint density at radius 1 is 1.32 bits per heavy atom. The van der Waals surface area contributed by atoms with Crippen molar-refractivity contribution in [3.05, 3.63) is 33.3 Å². The number of nitrogens with zero attached hydrogens (tertiary/aromatic N) is 1. The highest BCUT2D eigenvalue weighted by molar-refractivity contribution is 6.33. The van der Waals surface area contributed by atoms with E-state index in [4.69, 9.17) is 11.6 Å². The quantitative estimate of drug-likeness (QED) is 0.539. The zero-order valence-electron chi connectivity index (χ0n) is 11.5. The van der Waals surface area contributed by atoms with Crippen LogP contribution in [0.1, 0.15) is 46.0 Å². The minimum absolute atomic E-state index is 0.0464. The molecule has 0 spiro atoms. The number of nitro benzene ring substituents is 1. The van der Waals surface area contributed by atoms with Crippen molar-refractivity contribution in [3.8, 4) is 0 Å². The molecule has 0 aromatic heterocycles. The molecule has 0 heterocycles. The Morgan fingerprint density at radius 2 is 2.05 bits per heavy atom. The molecule has 0 radical (unpaired) electrons. The van der Waals surface area contributed by atoms with E-state index in [9.17, 15) is 10.1 Å². The SMILES string of the molecule is CCCCC(CCC)Nc1c(Cl)cccc1[N+](=O)[O-]. The van der Waals surface area contributed by atoms with Crippen molar-refractivity contribution in [2.24, 2.45) is 0 Å². The molecule has 0 aliphatic carbocycles. The van der Waals surface area contributed by atoms with Crippen LogP contribution >= 0.6 is 11.6 Å². The van der Waals surface area contributed by atoms with Crippen molar-refractivity contribution in [1.29, 1.82) is 0 Å². The van der Waals surface area contributed by atoms with Crippen LogP contribution in [0.2, 0.25) is 5.02 Å². The number of unbranched alkanes of at least 4 members (excludes halogenated alkanes) is 1. The lowest BCUT2D eigenvalue weighted by Gasteiger charge is -2.19. The van der Waals surface area contributed by atoms with E-state index in [-0.39, 0.29) is 11.7 Å². The molecule has 0 fully saturated rings. The van der Waals surface area contributed by atoms with Crippen molar-refractivity contribution < 1.29 is 4.92 Å². The highest BCUT2D eigenvalue weighted by atomic mass is 35.5. The fraction of sp³-hybridized carbons (Fsp3) is 0.571. The molecule has 0 bridgehead atoms. The van der Waals surface area contributed by atoms with Crippen molar-refractivity contribution in [1.82, 2.24) is 0 Å². The standard InChI is InChI=1S/C14H21ClN2O2/c1-3-5-8-11(7-4-2)16-14-12(15)9-6-10-13(14)17(18)19/h6,9-11,16H,3-5,7-8H2,1-2H3. The second-order valence-electron chi connectivity index (χ2n) is 4.66. The lowest BCUT2D eigenvalue weighted by molar-refractivity contribution is -0.384. The van der Waals surface area contributed by atoms with E-state index < -0.39 is 4.92 Å². The summed E-state index contributed by atoms with van der Waals surface area (Å²) in [6, 6.07) is 5.01. The number of halogens is 1. The highest BCUT2D eigenvalue weighted by Crippen LogP contribution is 2.33. The van der Waals surface area contributed by atoms with Gasteiger partial charge in [0.15, 0.2) is 0 Å². The smallest absolute Gasteiger partial charge is 0.293 e. The highest BCUT2D eigenvalue weighted by Gasteiger charge is 2.19. The zero-order chi connectivity index (χ0) is 14.3. The summed E-state index contributed by atoms with van der Waals surface area (Å²) in [4.78, 5) is 10.6. The van der Waals surface area contributed by atoms with Crippen LogP contribution in [-0.4, -0.2) is 11.0 Å². The Balaban J connectivity index is 2.91. The fourth-order valence-corrected chi connectivity index (χ4v) is 2.32. The summed E-state index contributed by atoms with van der Waals surface area (Å²) in [5.74, 6) is 0. The number of hydrogen-bond donors (Lipinski definition) is 1. The first-order chi connectivity index (χ1) is 9.10. The van der Waals surface area contributed by atoms with Gasteiger partial charge in [-0.2, -0.15) is 0 Å². The Labute approximate surface area is 119 Å². The zero-order valence-corrected chi connectivity index (χ0v) is 12.2. The van der Waals surface area contributed by atoms with Gasteiger partial charge in [0, 0.05) is 12.1 Å². The summed E-state index contributed by atoms with van der Waals surface area (Å²) in [7, 11) is 0. The molecule has 0 saturated heterocycles. The van der Waals surface area contributed by atoms with E-state index in [0.29, 0.717) is 10.7 Å². The molecule has 1 aromatic carbocycles. The second-order valence-corrected chi connectivity index (χ2v) is 5.07. The van der Waals surface area contributed by atoms with E-state index in [0.717, 1.165) is 32.1 Å². The molecule has 106 valence electrons. The van der Waals surface area contributed by atoms with E-state index >= 15 is 0 Å². The number of benzene rings is 1. The van der Waals surface area contributed by atoms with E-state index in [2.05, 4.69) is 19.2 Å². The van der Waals surface area contributed by atoms with Crippen LogP contribution < -0.4 is 5.32 Å². The number of nitro groups is 1. The molecular weight excluding hydrogens is 264 g/mol. The molecule has 1 unspecified atom stereocenters. The number of anilines is 1. The van der Waals surface area contributed by atoms with Crippen LogP contribution in [0.25, 0.3) is 0 Å². The number of rotatable bonds is 8. The topological polar surface area (TPSA) is 55.2 Å². The van der Waals surface area contributed by atoms with Gasteiger partial charge < -0.3 is 5.32 Å². The van der Waals surface area contributed by atoms with Crippen LogP contribution in [-0.2, 0) is 0 Å². The molecule has 1 rings (SSSR count). The lowest BCUT2D eigenvalue weighted by Crippen LogP contribution is -2.20. The molecule has 19 heavy (non-hydrogen) atoms. The maximum Gasteiger partial charge on any atom is 0.293 e. The van der Waals surface area contributed by atoms with Gasteiger partial charge in [0.1, 0.15) is 5.69 Å². The fourth-order valence-electron chi connectivity index (χ4n) is 2.10. The van der Waals surface area contributed by atoms with Gasteiger partial charge in [0.2, 0.25) is 0 Å². The third kappa shape index (κ3) is 4.71. The van der Waals surface area contributed by atoms with Crippen molar-refractivity contribution in [2.75, 3.05) is 5.32 Å². The molecule has 0 aliphatic rings. The summed E-state index contributed by atoms with van der Waals surface area (Å²) in [5.41, 5.74) is 0.494. The number of para-hydroxylation sites is 1. The summed E-state index contributed by atoms with van der Waals surface area (Å²) in [5, 5.41) is 14.7. The predicted octanol–water partition coefficient (Wildman–Crippen LogP) is 5.02. The molecule has 0 saturated carbocycles. The maximum atomic E-state index is 11.0. The van der Waals surface area contributed by atoms with E-state index in [1.807, 2.05) is 0 Å². The summed E-state index contributed by atoms with van der Waals surface area (Å²) >= 11 is 6.08. The molecule has 0 aliphatic heterocycles. The van der Waals surface area contributed by atoms with Gasteiger partial charge in [-0.05, 0) is 18.9 Å². The summed E-state index contributed by atoms with van der Waals surface area (Å²) in [6.07, 6.45) is 5.26. The average Bonchev–Trinajstić information content (AvgIpc) is 2.38. The normalized spacial score (nSPS) is 12.2. The van der Waals surface area contributed by atoms with Crippen LogP contribution in [0, 0.1) is 10.1 Å². The van der Waals surface area contributed by atoms with Gasteiger partial charge in [-0.1, -0.05) is 50.8 Å². The van der Waals surface area contributed by atoms with Crippen LogP contribution in [0.15, 0.2) is 18.2 Å².